The van der Waals surface area contributed by atoms with Crippen molar-refractivity contribution < 1.29 is 5.11 Å². The summed E-state index contributed by atoms with van der Waals surface area (Å²) in [7, 11) is 0. The number of aliphatic hydroxyl groups excluding tert-OH is 1. The molecule has 0 fully saturated rings. The Labute approximate surface area is 119 Å². The molecule has 1 N–H and O–H groups in total. The molecule has 1 atom stereocenters. The van der Waals surface area contributed by atoms with Crippen LogP contribution in [0.1, 0.15) is 22.8 Å². The second-order valence-corrected chi connectivity index (χ2v) is 5.46. The van der Waals surface area contributed by atoms with Crippen LogP contribution in [0.25, 0.3) is 0 Å². The molecular formula is C13H11ClINO. The maximum Gasteiger partial charge on any atom is 0.107 e. The highest BCUT2D eigenvalue weighted by molar-refractivity contribution is 14.1. The zero-order chi connectivity index (χ0) is 12.4. The zero-order valence-electron chi connectivity index (χ0n) is 9.19. The van der Waals surface area contributed by atoms with Gasteiger partial charge in [0.1, 0.15) is 6.10 Å². The highest BCUT2D eigenvalue weighted by atomic mass is 127. The van der Waals surface area contributed by atoms with Crippen LogP contribution >= 0.6 is 34.2 Å². The summed E-state index contributed by atoms with van der Waals surface area (Å²) in [5.41, 5.74) is 2.62. The van der Waals surface area contributed by atoms with Crippen LogP contribution in [0.5, 0.6) is 0 Å². The van der Waals surface area contributed by atoms with Crippen molar-refractivity contribution in [3.63, 3.8) is 0 Å². The van der Waals surface area contributed by atoms with Gasteiger partial charge in [-0.15, -0.1) is 0 Å². The van der Waals surface area contributed by atoms with Crippen LogP contribution in [-0.4, -0.2) is 10.1 Å². The summed E-state index contributed by atoms with van der Waals surface area (Å²) in [6.07, 6.45) is 2.75. The van der Waals surface area contributed by atoms with Gasteiger partial charge in [-0.2, -0.15) is 0 Å². The van der Waals surface area contributed by atoms with Crippen molar-refractivity contribution in [1.29, 1.82) is 0 Å². The Morgan fingerprint density at radius 1 is 1.29 bits per heavy atom. The average molecular weight is 360 g/mol. The van der Waals surface area contributed by atoms with Crippen LogP contribution < -0.4 is 0 Å². The van der Waals surface area contributed by atoms with E-state index >= 15 is 0 Å². The third-order valence-corrected chi connectivity index (χ3v) is 3.68. The van der Waals surface area contributed by atoms with Gasteiger partial charge in [-0.1, -0.05) is 17.7 Å². The molecule has 2 nitrogen and oxygen atoms in total. The minimum absolute atomic E-state index is 0.625. The molecule has 1 heterocycles. The number of halogens is 2. The van der Waals surface area contributed by atoms with E-state index in [-0.39, 0.29) is 0 Å². The van der Waals surface area contributed by atoms with Crippen molar-refractivity contribution >= 4 is 34.2 Å². The number of nitrogens with zero attached hydrogens (tertiary/aromatic N) is 1. The number of hydrogen-bond donors (Lipinski definition) is 1. The maximum atomic E-state index is 10.3. The summed E-state index contributed by atoms with van der Waals surface area (Å²) in [6.45, 7) is 1.95. The van der Waals surface area contributed by atoms with E-state index in [0.29, 0.717) is 5.02 Å². The highest BCUT2D eigenvalue weighted by Crippen LogP contribution is 2.28. The van der Waals surface area contributed by atoms with Gasteiger partial charge in [0.05, 0.1) is 0 Å². The number of aryl methyl sites for hydroxylation is 1. The Hall–Kier alpha value is -0.650. The van der Waals surface area contributed by atoms with Gasteiger partial charge < -0.3 is 5.11 Å². The molecule has 1 unspecified atom stereocenters. The first-order chi connectivity index (χ1) is 8.08. The highest BCUT2D eigenvalue weighted by Gasteiger charge is 2.14. The lowest BCUT2D eigenvalue weighted by atomic mass is 10.0. The lowest BCUT2D eigenvalue weighted by Crippen LogP contribution is -2.03. The molecule has 0 saturated carbocycles. The number of aromatic nitrogens is 1. The molecule has 0 aliphatic rings. The lowest BCUT2D eigenvalue weighted by molar-refractivity contribution is 0.219. The van der Waals surface area contributed by atoms with Crippen molar-refractivity contribution in [2.45, 2.75) is 13.0 Å². The third kappa shape index (κ3) is 2.97. The predicted octanol–water partition coefficient (Wildman–Crippen LogP) is 3.73. The molecular weight excluding hydrogens is 349 g/mol. The van der Waals surface area contributed by atoms with E-state index in [0.717, 1.165) is 20.3 Å². The molecule has 0 aliphatic carbocycles. The van der Waals surface area contributed by atoms with Crippen LogP contribution in [0.4, 0.5) is 0 Å². The van der Waals surface area contributed by atoms with Crippen LogP contribution in [0, 0.1) is 10.5 Å². The van der Waals surface area contributed by atoms with E-state index in [4.69, 9.17) is 11.6 Å². The van der Waals surface area contributed by atoms with Crippen LogP contribution in [0.2, 0.25) is 5.02 Å². The third-order valence-electron chi connectivity index (χ3n) is 2.46. The number of hydrogen-bond acceptors (Lipinski definition) is 2. The standard InChI is InChI=1S/C13H11ClINO/c1-8-4-9(7-16-6-8)13(17)11-5-10(14)2-3-12(11)15/h2-7,13,17H,1H3. The Balaban J connectivity index is 2.43. The molecule has 1 aromatic carbocycles. The normalized spacial score (nSPS) is 12.5. The van der Waals surface area contributed by atoms with Crippen LogP contribution in [0.3, 0.4) is 0 Å². The fourth-order valence-corrected chi connectivity index (χ4v) is 2.44. The molecule has 0 radical (unpaired) electrons. The van der Waals surface area contributed by atoms with Gasteiger partial charge in [0.2, 0.25) is 0 Å². The number of rotatable bonds is 2. The molecule has 17 heavy (non-hydrogen) atoms. The van der Waals surface area contributed by atoms with Gasteiger partial charge in [0.25, 0.3) is 0 Å². The van der Waals surface area contributed by atoms with E-state index in [9.17, 15) is 5.11 Å². The largest absolute Gasteiger partial charge is 0.384 e. The van der Waals surface area contributed by atoms with Crippen LogP contribution in [-0.2, 0) is 0 Å². The Kier molecular flexibility index (Phi) is 4.01. The summed E-state index contributed by atoms with van der Waals surface area (Å²) in [5.74, 6) is 0. The van der Waals surface area contributed by atoms with E-state index in [1.54, 1.807) is 18.5 Å². The second-order valence-electron chi connectivity index (χ2n) is 3.86. The number of pyridine rings is 1. The Morgan fingerprint density at radius 3 is 2.76 bits per heavy atom. The van der Waals surface area contributed by atoms with Crippen molar-refractivity contribution in [2.24, 2.45) is 0 Å². The van der Waals surface area contributed by atoms with E-state index in [1.807, 2.05) is 25.1 Å². The van der Waals surface area contributed by atoms with Gasteiger partial charge in [0.15, 0.2) is 0 Å². The van der Waals surface area contributed by atoms with Gasteiger partial charge in [-0.25, -0.2) is 0 Å². The zero-order valence-corrected chi connectivity index (χ0v) is 12.1. The Bertz CT molecular complexity index is 545. The molecule has 1 aromatic heterocycles. The van der Waals surface area contributed by atoms with E-state index < -0.39 is 6.10 Å². The Morgan fingerprint density at radius 2 is 2.06 bits per heavy atom. The minimum atomic E-state index is -0.687. The quantitative estimate of drug-likeness (QED) is 0.829. The smallest absolute Gasteiger partial charge is 0.107 e. The summed E-state index contributed by atoms with van der Waals surface area (Å²) in [5, 5.41) is 10.9. The molecule has 0 saturated heterocycles. The number of benzene rings is 1. The first-order valence-corrected chi connectivity index (χ1v) is 6.58. The molecule has 0 spiro atoms. The molecule has 2 rings (SSSR count). The monoisotopic (exact) mass is 359 g/mol. The topological polar surface area (TPSA) is 33.1 Å². The van der Waals surface area contributed by atoms with Crippen molar-refractivity contribution in [1.82, 2.24) is 4.98 Å². The SMILES string of the molecule is Cc1cncc(C(O)c2cc(Cl)ccc2I)c1. The van der Waals surface area contributed by atoms with Gasteiger partial charge in [0, 0.05) is 26.5 Å². The molecule has 4 heteroatoms. The molecule has 2 aromatic rings. The average Bonchev–Trinajstić information content (AvgIpc) is 2.31. The van der Waals surface area contributed by atoms with Crippen molar-refractivity contribution in [2.75, 3.05) is 0 Å². The van der Waals surface area contributed by atoms with Crippen molar-refractivity contribution in [3.05, 3.63) is 61.9 Å². The maximum absolute atomic E-state index is 10.3. The van der Waals surface area contributed by atoms with Gasteiger partial charge >= 0.3 is 0 Å². The fourth-order valence-electron chi connectivity index (χ4n) is 1.63. The summed E-state index contributed by atoms with van der Waals surface area (Å²) >= 11 is 8.14. The van der Waals surface area contributed by atoms with Crippen LogP contribution in [0.15, 0.2) is 36.7 Å². The van der Waals surface area contributed by atoms with Gasteiger partial charge in [-0.3, -0.25) is 4.98 Å². The van der Waals surface area contributed by atoms with Gasteiger partial charge in [-0.05, 0) is 58.8 Å². The molecule has 88 valence electrons. The van der Waals surface area contributed by atoms with E-state index in [2.05, 4.69) is 27.6 Å². The number of aliphatic hydroxyl groups is 1. The predicted molar refractivity (Wildman–Crippen MR) is 77.2 cm³/mol. The summed E-state index contributed by atoms with van der Waals surface area (Å²) in [4.78, 5) is 4.09. The minimum Gasteiger partial charge on any atom is -0.384 e. The molecule has 0 amide bonds. The second kappa shape index (κ2) is 5.33. The first-order valence-electron chi connectivity index (χ1n) is 5.12. The van der Waals surface area contributed by atoms with Crippen molar-refractivity contribution in [3.8, 4) is 0 Å². The molecule has 0 bridgehead atoms. The molecule has 0 aliphatic heterocycles. The summed E-state index contributed by atoms with van der Waals surface area (Å²) in [6, 6.07) is 7.42. The first kappa shape index (κ1) is 12.8. The lowest BCUT2D eigenvalue weighted by Gasteiger charge is -2.13. The fraction of sp³-hybridized carbons (Fsp3) is 0.154. The summed E-state index contributed by atoms with van der Waals surface area (Å²) < 4.78 is 0.987. The van der Waals surface area contributed by atoms with E-state index in [1.165, 1.54) is 0 Å².